The van der Waals surface area contributed by atoms with E-state index in [4.69, 9.17) is 5.11 Å². The van der Waals surface area contributed by atoms with Crippen LogP contribution in [0.15, 0.2) is 0 Å². The highest BCUT2D eigenvalue weighted by Gasteiger charge is 2.38. The second-order valence-corrected chi connectivity index (χ2v) is 6.42. The van der Waals surface area contributed by atoms with Crippen molar-refractivity contribution in [2.75, 3.05) is 19.6 Å². The molecule has 7 nitrogen and oxygen atoms in total. The van der Waals surface area contributed by atoms with E-state index in [0.29, 0.717) is 32.4 Å². The van der Waals surface area contributed by atoms with Crippen LogP contribution in [0.25, 0.3) is 0 Å². The number of nitrogens with zero attached hydrogens (tertiary/aromatic N) is 2. The number of likely N-dealkylation sites (tertiary alicyclic amines) is 2. The summed E-state index contributed by atoms with van der Waals surface area (Å²) in [7, 11) is 0. The lowest BCUT2D eigenvalue weighted by Gasteiger charge is -2.35. The lowest BCUT2D eigenvalue weighted by atomic mass is 9.97. The predicted molar refractivity (Wildman–Crippen MR) is 80.3 cm³/mol. The van der Waals surface area contributed by atoms with Gasteiger partial charge in [-0.15, -0.1) is 0 Å². The Labute approximate surface area is 130 Å². The van der Waals surface area contributed by atoms with Crippen LogP contribution in [-0.4, -0.2) is 64.5 Å². The number of carboxylic acid groups (broad SMARTS) is 1. The molecule has 22 heavy (non-hydrogen) atoms. The highest BCUT2D eigenvalue weighted by Crippen LogP contribution is 2.23. The van der Waals surface area contributed by atoms with Gasteiger partial charge in [-0.3, -0.25) is 9.59 Å². The molecule has 0 aromatic heterocycles. The van der Waals surface area contributed by atoms with Crippen molar-refractivity contribution in [3.63, 3.8) is 0 Å². The fraction of sp³-hybridized carbons (Fsp3) is 0.800. The van der Waals surface area contributed by atoms with Crippen molar-refractivity contribution in [2.24, 2.45) is 5.92 Å². The van der Waals surface area contributed by atoms with Gasteiger partial charge in [-0.25, -0.2) is 4.79 Å². The standard InChI is InChI=1S/C15H25N3O4/c1-10(2)16-15(22)18-8-4-6-12(18)13(19)17-7-3-5-11(9-17)14(20)21/h10-12H,3-9H2,1-2H3,(H,16,22)(H,20,21)/t11-,12-/m0/s1. The lowest BCUT2D eigenvalue weighted by Crippen LogP contribution is -2.53. The molecule has 0 unspecified atom stereocenters. The average molecular weight is 311 g/mol. The van der Waals surface area contributed by atoms with Crippen LogP contribution in [0.1, 0.15) is 39.5 Å². The van der Waals surface area contributed by atoms with E-state index >= 15 is 0 Å². The van der Waals surface area contributed by atoms with Crippen LogP contribution >= 0.6 is 0 Å². The Morgan fingerprint density at radius 2 is 1.82 bits per heavy atom. The summed E-state index contributed by atoms with van der Waals surface area (Å²) in [6, 6.07) is -0.640. The molecule has 2 rings (SSSR count). The third kappa shape index (κ3) is 3.69. The van der Waals surface area contributed by atoms with E-state index in [1.165, 1.54) is 0 Å². The van der Waals surface area contributed by atoms with Crippen LogP contribution in [-0.2, 0) is 9.59 Å². The quantitative estimate of drug-likeness (QED) is 0.810. The van der Waals surface area contributed by atoms with Crippen LogP contribution in [0, 0.1) is 5.92 Å². The highest BCUT2D eigenvalue weighted by molar-refractivity contribution is 5.88. The largest absolute Gasteiger partial charge is 0.481 e. The van der Waals surface area contributed by atoms with Crippen LogP contribution < -0.4 is 5.32 Å². The zero-order chi connectivity index (χ0) is 16.3. The van der Waals surface area contributed by atoms with Gasteiger partial charge in [-0.2, -0.15) is 0 Å². The molecule has 2 aliphatic heterocycles. The number of hydrogen-bond donors (Lipinski definition) is 2. The smallest absolute Gasteiger partial charge is 0.318 e. The van der Waals surface area contributed by atoms with Crippen molar-refractivity contribution in [3.8, 4) is 0 Å². The van der Waals surface area contributed by atoms with Crippen molar-refractivity contribution >= 4 is 17.9 Å². The third-order valence-electron chi connectivity index (χ3n) is 4.29. The number of carbonyl (C=O) groups excluding carboxylic acids is 2. The molecule has 0 aromatic rings. The van der Waals surface area contributed by atoms with Crippen molar-refractivity contribution in [1.82, 2.24) is 15.1 Å². The first kappa shape index (κ1) is 16.6. The number of piperidine rings is 1. The Morgan fingerprint density at radius 3 is 2.45 bits per heavy atom. The second kappa shape index (κ2) is 6.98. The number of rotatable bonds is 3. The minimum Gasteiger partial charge on any atom is -0.481 e. The maximum absolute atomic E-state index is 12.7. The van der Waals surface area contributed by atoms with Gasteiger partial charge in [0.05, 0.1) is 5.92 Å². The average Bonchev–Trinajstić information content (AvgIpc) is 2.95. The van der Waals surface area contributed by atoms with E-state index in [1.54, 1.807) is 9.80 Å². The molecule has 3 amide bonds. The number of nitrogens with one attached hydrogen (secondary N) is 1. The third-order valence-corrected chi connectivity index (χ3v) is 4.29. The van der Waals surface area contributed by atoms with Crippen molar-refractivity contribution < 1.29 is 19.5 Å². The van der Waals surface area contributed by atoms with E-state index in [2.05, 4.69) is 5.32 Å². The minimum absolute atomic E-state index is 0.0234. The molecule has 2 aliphatic rings. The van der Waals surface area contributed by atoms with Crippen molar-refractivity contribution in [3.05, 3.63) is 0 Å². The van der Waals surface area contributed by atoms with Gasteiger partial charge in [0.2, 0.25) is 5.91 Å². The van der Waals surface area contributed by atoms with Crippen molar-refractivity contribution in [1.29, 1.82) is 0 Å². The molecular weight excluding hydrogens is 286 g/mol. The van der Waals surface area contributed by atoms with E-state index in [-0.39, 0.29) is 24.5 Å². The summed E-state index contributed by atoms with van der Waals surface area (Å²) in [5.74, 6) is -1.45. The molecule has 0 aromatic carbocycles. The highest BCUT2D eigenvalue weighted by atomic mass is 16.4. The normalized spacial score (nSPS) is 25.4. The zero-order valence-electron chi connectivity index (χ0n) is 13.2. The second-order valence-electron chi connectivity index (χ2n) is 6.42. The van der Waals surface area contributed by atoms with Crippen molar-refractivity contribution in [2.45, 2.75) is 51.6 Å². The molecule has 2 N–H and O–H groups in total. The Bertz CT molecular complexity index is 452. The van der Waals surface area contributed by atoms with E-state index in [9.17, 15) is 14.4 Å². The van der Waals surface area contributed by atoms with Gasteiger partial charge in [-0.05, 0) is 39.5 Å². The maximum Gasteiger partial charge on any atom is 0.318 e. The Morgan fingerprint density at radius 1 is 1.14 bits per heavy atom. The summed E-state index contributed by atoms with van der Waals surface area (Å²) < 4.78 is 0. The van der Waals surface area contributed by atoms with Gasteiger partial charge in [0.15, 0.2) is 0 Å². The first-order valence-electron chi connectivity index (χ1n) is 7.99. The molecule has 0 aliphatic carbocycles. The molecule has 2 heterocycles. The molecule has 0 radical (unpaired) electrons. The molecular formula is C15H25N3O4. The molecule has 2 fully saturated rings. The van der Waals surface area contributed by atoms with E-state index in [0.717, 1.165) is 6.42 Å². The molecule has 124 valence electrons. The first-order chi connectivity index (χ1) is 10.4. The summed E-state index contributed by atoms with van der Waals surface area (Å²) in [6.45, 7) is 5.17. The maximum atomic E-state index is 12.7. The number of aliphatic carboxylic acids is 1. The van der Waals surface area contributed by atoms with Gasteiger partial charge >= 0.3 is 12.0 Å². The summed E-state index contributed by atoms with van der Waals surface area (Å²) in [4.78, 5) is 39.2. The predicted octanol–water partition coefficient (Wildman–Crippen LogP) is 0.892. The van der Waals surface area contributed by atoms with Gasteiger partial charge < -0.3 is 20.2 Å². The lowest BCUT2D eigenvalue weighted by molar-refractivity contribution is -0.146. The molecule has 0 spiro atoms. The number of carboxylic acids is 1. The minimum atomic E-state index is -0.849. The van der Waals surface area contributed by atoms with Gasteiger partial charge in [0.25, 0.3) is 0 Å². The first-order valence-corrected chi connectivity index (χ1v) is 7.99. The Kier molecular flexibility index (Phi) is 5.26. The molecule has 0 saturated carbocycles. The Balaban J connectivity index is 2.01. The SMILES string of the molecule is CC(C)NC(=O)N1CCC[C@H]1C(=O)N1CCC[C@H](C(=O)O)C1. The molecule has 2 atom stereocenters. The fourth-order valence-corrected chi connectivity index (χ4v) is 3.19. The van der Waals surface area contributed by atoms with Gasteiger partial charge in [0, 0.05) is 25.7 Å². The molecule has 7 heteroatoms. The van der Waals surface area contributed by atoms with E-state index in [1.807, 2.05) is 13.8 Å². The van der Waals surface area contributed by atoms with E-state index < -0.39 is 17.9 Å². The fourth-order valence-electron chi connectivity index (χ4n) is 3.19. The zero-order valence-corrected chi connectivity index (χ0v) is 13.2. The monoisotopic (exact) mass is 311 g/mol. The van der Waals surface area contributed by atoms with Gasteiger partial charge in [0.1, 0.15) is 6.04 Å². The number of amides is 3. The Hall–Kier alpha value is -1.79. The van der Waals surface area contributed by atoms with Crippen LogP contribution in [0.5, 0.6) is 0 Å². The van der Waals surface area contributed by atoms with Gasteiger partial charge in [-0.1, -0.05) is 0 Å². The number of urea groups is 1. The number of carbonyl (C=O) groups is 3. The molecule has 0 bridgehead atoms. The topological polar surface area (TPSA) is 90.0 Å². The van der Waals surface area contributed by atoms with Crippen LogP contribution in [0.2, 0.25) is 0 Å². The number of hydrogen-bond acceptors (Lipinski definition) is 3. The molecule has 2 saturated heterocycles. The summed E-state index contributed by atoms with van der Waals surface area (Å²) >= 11 is 0. The van der Waals surface area contributed by atoms with Crippen LogP contribution in [0.3, 0.4) is 0 Å². The van der Waals surface area contributed by atoms with Crippen LogP contribution in [0.4, 0.5) is 4.79 Å². The summed E-state index contributed by atoms with van der Waals surface area (Å²) in [5.41, 5.74) is 0. The summed E-state index contributed by atoms with van der Waals surface area (Å²) in [5, 5.41) is 12.0. The summed E-state index contributed by atoms with van der Waals surface area (Å²) in [6.07, 6.45) is 2.77.